The Bertz CT molecular complexity index is 821. The molecule has 0 radical (unpaired) electrons. The van der Waals surface area contributed by atoms with Crippen LogP contribution in [0.5, 0.6) is 0 Å². The summed E-state index contributed by atoms with van der Waals surface area (Å²) in [7, 11) is -3.27. The molecule has 0 heterocycles. The maximum absolute atomic E-state index is 12.2. The number of rotatable bonds is 8. The summed E-state index contributed by atoms with van der Waals surface area (Å²) < 4.78 is 24.4. The van der Waals surface area contributed by atoms with E-state index in [9.17, 15) is 18.1 Å². The van der Waals surface area contributed by atoms with Gasteiger partial charge in [-0.15, -0.1) is 10.0 Å². The Morgan fingerprint density at radius 3 is 2.20 bits per heavy atom. The third-order valence-corrected chi connectivity index (χ3v) is 5.52. The molecule has 0 saturated heterocycles. The second-order valence-corrected chi connectivity index (χ2v) is 7.66. The lowest BCUT2D eigenvalue weighted by atomic mass is 10.1. The van der Waals surface area contributed by atoms with Crippen molar-refractivity contribution in [2.45, 2.75) is 24.2 Å². The van der Waals surface area contributed by atoms with Gasteiger partial charge in [0.05, 0.1) is 22.4 Å². The van der Waals surface area contributed by atoms with Crippen molar-refractivity contribution in [1.82, 2.24) is 5.12 Å². The Labute approximate surface area is 146 Å². The van der Waals surface area contributed by atoms with Gasteiger partial charge < -0.3 is 0 Å². The van der Waals surface area contributed by atoms with Gasteiger partial charge in [-0.25, -0.2) is 14.3 Å². The highest BCUT2D eigenvalue weighted by Gasteiger charge is 2.13. The van der Waals surface area contributed by atoms with E-state index in [1.54, 1.807) is 42.5 Å². The fourth-order valence-corrected chi connectivity index (χ4v) is 3.67. The van der Waals surface area contributed by atoms with E-state index in [2.05, 4.69) is 5.29 Å². The highest BCUT2D eigenvalue weighted by Crippen LogP contribution is 2.14. The smallest absolute Gasteiger partial charge is 0.264 e. The summed E-state index contributed by atoms with van der Waals surface area (Å²) in [5, 5.41) is 2.61. The van der Waals surface area contributed by atoms with E-state index in [0.29, 0.717) is 23.3 Å². The Hall–Kier alpha value is -2.58. The standard InChI is InChI=1S/C17H19N3O4S/c18-20(19-22)17(21)13-15-10-8-14(9-11-15)5-4-12-25(23,24)16-6-2-1-3-7-16/h1-3,6-11H,4-5,12-13,18H2. The van der Waals surface area contributed by atoms with Gasteiger partial charge in [-0.1, -0.05) is 42.5 Å². The first kappa shape index (κ1) is 18.8. The molecule has 2 rings (SSSR count). The second kappa shape index (κ2) is 8.50. The number of nitrogens with zero attached hydrogens (tertiary/aromatic N) is 2. The molecule has 1 amide bonds. The van der Waals surface area contributed by atoms with Crippen molar-refractivity contribution in [2.24, 2.45) is 11.1 Å². The summed E-state index contributed by atoms with van der Waals surface area (Å²) in [5.74, 6) is 4.57. The third-order valence-electron chi connectivity index (χ3n) is 3.70. The van der Waals surface area contributed by atoms with Crippen LogP contribution in [0.25, 0.3) is 0 Å². The van der Waals surface area contributed by atoms with Gasteiger partial charge in [0.15, 0.2) is 9.84 Å². The molecule has 0 aliphatic carbocycles. The van der Waals surface area contributed by atoms with E-state index in [4.69, 9.17) is 5.84 Å². The molecule has 0 atom stereocenters. The maximum Gasteiger partial charge on any atom is 0.264 e. The van der Waals surface area contributed by atoms with Crippen molar-refractivity contribution >= 4 is 15.7 Å². The number of carbonyl (C=O) groups excluding carboxylic acids is 1. The Morgan fingerprint density at radius 1 is 1.00 bits per heavy atom. The third kappa shape index (κ3) is 5.47. The molecule has 7 nitrogen and oxygen atoms in total. The first-order chi connectivity index (χ1) is 11.9. The fourth-order valence-electron chi connectivity index (χ4n) is 2.34. The molecule has 0 bridgehead atoms. The summed E-state index contributed by atoms with van der Waals surface area (Å²) in [6, 6.07) is 15.5. The number of amides is 1. The van der Waals surface area contributed by atoms with E-state index in [0.717, 1.165) is 5.56 Å². The number of hydrogen-bond donors (Lipinski definition) is 1. The van der Waals surface area contributed by atoms with Crippen LogP contribution in [0.1, 0.15) is 17.5 Å². The first-order valence-corrected chi connectivity index (χ1v) is 9.34. The Kier molecular flexibility index (Phi) is 6.37. The van der Waals surface area contributed by atoms with Crippen molar-refractivity contribution in [3.05, 3.63) is 70.6 Å². The molecule has 2 aromatic carbocycles. The van der Waals surface area contributed by atoms with Gasteiger partial charge in [0.2, 0.25) is 0 Å². The highest BCUT2D eigenvalue weighted by molar-refractivity contribution is 7.91. The highest BCUT2D eigenvalue weighted by atomic mass is 32.2. The van der Waals surface area contributed by atoms with Crippen molar-refractivity contribution < 1.29 is 13.2 Å². The van der Waals surface area contributed by atoms with E-state index >= 15 is 0 Å². The molecule has 25 heavy (non-hydrogen) atoms. The maximum atomic E-state index is 12.2. The Balaban J connectivity index is 1.88. The van der Waals surface area contributed by atoms with E-state index < -0.39 is 15.7 Å². The largest absolute Gasteiger partial charge is 0.271 e. The van der Waals surface area contributed by atoms with Crippen molar-refractivity contribution in [3.8, 4) is 0 Å². The molecular weight excluding hydrogens is 342 g/mol. The number of hydrogen-bond acceptors (Lipinski definition) is 6. The number of carbonyl (C=O) groups is 1. The zero-order valence-electron chi connectivity index (χ0n) is 13.5. The SMILES string of the molecule is NN(N=O)C(=O)Cc1ccc(CCCS(=O)(=O)c2ccccc2)cc1. The minimum absolute atomic E-state index is 0.0229. The van der Waals surface area contributed by atoms with Gasteiger partial charge in [0, 0.05) is 0 Å². The second-order valence-electron chi connectivity index (χ2n) is 5.55. The van der Waals surface area contributed by atoms with Crippen molar-refractivity contribution in [3.63, 3.8) is 0 Å². The molecule has 0 aliphatic heterocycles. The van der Waals surface area contributed by atoms with Gasteiger partial charge in [-0.3, -0.25) is 4.79 Å². The number of nitrogens with two attached hydrogens (primary N) is 1. The molecule has 2 N–H and O–H groups in total. The van der Waals surface area contributed by atoms with Crippen LogP contribution < -0.4 is 5.84 Å². The van der Waals surface area contributed by atoms with Crippen LogP contribution in [-0.2, 0) is 27.5 Å². The van der Waals surface area contributed by atoms with Crippen LogP contribution in [0.4, 0.5) is 0 Å². The number of benzene rings is 2. The molecule has 2 aromatic rings. The molecule has 0 fully saturated rings. The van der Waals surface area contributed by atoms with Gasteiger partial charge in [-0.2, -0.15) is 0 Å². The number of aryl methyl sites for hydroxylation is 1. The molecule has 0 saturated carbocycles. The first-order valence-electron chi connectivity index (χ1n) is 7.69. The minimum Gasteiger partial charge on any atom is -0.271 e. The molecule has 0 aromatic heterocycles. The number of sulfone groups is 1. The van der Waals surface area contributed by atoms with E-state index in [-0.39, 0.29) is 17.3 Å². The molecular formula is C17H19N3O4S. The fraction of sp³-hybridized carbons (Fsp3) is 0.235. The van der Waals surface area contributed by atoms with Crippen LogP contribution in [0.3, 0.4) is 0 Å². The molecule has 0 aliphatic rings. The molecule has 0 unspecified atom stereocenters. The lowest BCUT2D eigenvalue weighted by molar-refractivity contribution is -0.130. The van der Waals surface area contributed by atoms with Gasteiger partial charge in [-0.05, 0) is 36.1 Å². The predicted molar refractivity (Wildman–Crippen MR) is 93.8 cm³/mol. The van der Waals surface area contributed by atoms with E-state index in [1.807, 2.05) is 12.1 Å². The molecule has 0 spiro atoms. The summed E-state index contributed by atoms with van der Waals surface area (Å²) in [6.45, 7) is 0. The summed E-state index contributed by atoms with van der Waals surface area (Å²) in [5.41, 5.74) is 1.67. The zero-order chi connectivity index (χ0) is 18.3. The van der Waals surface area contributed by atoms with Gasteiger partial charge in [0.1, 0.15) is 0 Å². The summed E-state index contributed by atoms with van der Waals surface area (Å²) in [6.07, 6.45) is 1.09. The van der Waals surface area contributed by atoms with Crippen molar-refractivity contribution in [2.75, 3.05) is 5.75 Å². The molecule has 8 heteroatoms. The van der Waals surface area contributed by atoms with Gasteiger partial charge in [0.25, 0.3) is 5.91 Å². The van der Waals surface area contributed by atoms with Gasteiger partial charge >= 0.3 is 0 Å². The number of hydrazine groups is 1. The van der Waals surface area contributed by atoms with Crippen LogP contribution >= 0.6 is 0 Å². The van der Waals surface area contributed by atoms with Crippen LogP contribution in [0, 0.1) is 4.91 Å². The lowest BCUT2D eigenvalue weighted by Crippen LogP contribution is -2.33. The van der Waals surface area contributed by atoms with Crippen LogP contribution in [0.2, 0.25) is 0 Å². The topological polar surface area (TPSA) is 110 Å². The average molecular weight is 361 g/mol. The Morgan fingerprint density at radius 2 is 1.60 bits per heavy atom. The van der Waals surface area contributed by atoms with Crippen LogP contribution in [-0.4, -0.2) is 25.2 Å². The molecule has 132 valence electrons. The summed E-state index contributed by atoms with van der Waals surface area (Å²) >= 11 is 0. The normalized spacial score (nSPS) is 11.1. The summed E-state index contributed by atoms with van der Waals surface area (Å²) in [4.78, 5) is 22.0. The predicted octanol–water partition coefficient (Wildman–Crippen LogP) is 2.02. The average Bonchev–Trinajstić information content (AvgIpc) is 2.63. The lowest BCUT2D eigenvalue weighted by Gasteiger charge is -2.07. The van der Waals surface area contributed by atoms with Crippen molar-refractivity contribution in [1.29, 1.82) is 0 Å². The number of nitroso groups, excluding NO2 is 1. The quantitative estimate of drug-likeness (QED) is 0.335. The van der Waals surface area contributed by atoms with Crippen LogP contribution in [0.15, 0.2) is 64.8 Å². The van der Waals surface area contributed by atoms with E-state index in [1.165, 1.54) is 0 Å². The zero-order valence-corrected chi connectivity index (χ0v) is 14.4. The monoisotopic (exact) mass is 361 g/mol. The minimum atomic E-state index is -3.27.